The number of hydrogen-bond donors (Lipinski definition) is 0. The lowest BCUT2D eigenvalue weighted by Gasteiger charge is -2.25. The van der Waals surface area contributed by atoms with E-state index in [0.717, 1.165) is 28.7 Å². The molecule has 4 aromatic rings. The van der Waals surface area contributed by atoms with Crippen LogP contribution in [0.5, 0.6) is 5.75 Å². The van der Waals surface area contributed by atoms with Crippen LogP contribution in [-0.2, 0) is 0 Å². The van der Waals surface area contributed by atoms with Crippen molar-refractivity contribution < 1.29 is 9.53 Å². The molecule has 3 aromatic heterocycles. The van der Waals surface area contributed by atoms with Crippen molar-refractivity contribution in [2.24, 2.45) is 0 Å². The number of nitrogens with zero attached hydrogens (tertiary/aromatic N) is 4. The first-order chi connectivity index (χ1) is 15.2. The number of ether oxygens (including phenoxy) is 1. The molecule has 6 nitrogen and oxygen atoms in total. The largest absolute Gasteiger partial charge is 0.490 e. The van der Waals surface area contributed by atoms with Crippen LogP contribution in [0.3, 0.4) is 0 Å². The standard InChI is InChI=1S/C24H21BrN4O2/c25-20-12-11-19(15-26-20)31-16-18-9-6-14-28(18)24(30)23-22(17-7-2-1-3-8-17)27-21-10-4-5-13-29(21)23/h1-5,7-8,10-13,15,18H,6,9,14,16H2/t18-/m0/s1. The van der Waals surface area contributed by atoms with Crippen molar-refractivity contribution in [3.8, 4) is 17.0 Å². The number of rotatable bonds is 5. The molecule has 1 aliphatic heterocycles. The summed E-state index contributed by atoms with van der Waals surface area (Å²) in [5.41, 5.74) is 3.00. The summed E-state index contributed by atoms with van der Waals surface area (Å²) >= 11 is 3.33. The summed E-state index contributed by atoms with van der Waals surface area (Å²) in [5, 5.41) is 0. The Kier molecular flexibility index (Phi) is 5.42. The zero-order valence-electron chi connectivity index (χ0n) is 16.8. The van der Waals surface area contributed by atoms with E-state index < -0.39 is 0 Å². The topological polar surface area (TPSA) is 59.7 Å². The molecule has 1 aliphatic rings. The highest BCUT2D eigenvalue weighted by molar-refractivity contribution is 9.10. The van der Waals surface area contributed by atoms with Crippen molar-refractivity contribution in [3.05, 3.63) is 83.4 Å². The van der Waals surface area contributed by atoms with Gasteiger partial charge in [0.2, 0.25) is 0 Å². The molecule has 0 saturated carbocycles. The van der Waals surface area contributed by atoms with E-state index in [1.165, 1.54) is 0 Å². The van der Waals surface area contributed by atoms with Crippen LogP contribution in [0.15, 0.2) is 77.7 Å². The third-order valence-electron chi connectivity index (χ3n) is 5.56. The molecule has 1 atom stereocenters. The smallest absolute Gasteiger partial charge is 0.273 e. The van der Waals surface area contributed by atoms with Crippen LogP contribution in [0.2, 0.25) is 0 Å². The summed E-state index contributed by atoms with van der Waals surface area (Å²) < 4.78 is 8.60. The van der Waals surface area contributed by atoms with Crippen LogP contribution < -0.4 is 4.74 Å². The van der Waals surface area contributed by atoms with Gasteiger partial charge in [0.15, 0.2) is 0 Å². The lowest BCUT2D eigenvalue weighted by atomic mass is 10.1. The molecule has 156 valence electrons. The molecule has 0 spiro atoms. The summed E-state index contributed by atoms with van der Waals surface area (Å²) in [6.45, 7) is 1.15. The molecule has 5 rings (SSSR count). The summed E-state index contributed by atoms with van der Waals surface area (Å²) in [7, 11) is 0. The van der Waals surface area contributed by atoms with Gasteiger partial charge in [-0.25, -0.2) is 9.97 Å². The van der Waals surface area contributed by atoms with Crippen LogP contribution in [0, 0.1) is 0 Å². The molecule has 0 bridgehead atoms. The lowest BCUT2D eigenvalue weighted by molar-refractivity contribution is 0.0685. The number of imidazole rings is 1. The van der Waals surface area contributed by atoms with Gasteiger partial charge in [-0.3, -0.25) is 9.20 Å². The van der Waals surface area contributed by atoms with Crippen molar-refractivity contribution in [1.82, 2.24) is 19.3 Å². The predicted octanol–water partition coefficient (Wildman–Crippen LogP) is 4.84. The number of carbonyl (C=O) groups is 1. The van der Waals surface area contributed by atoms with Crippen LogP contribution in [0.1, 0.15) is 23.3 Å². The second-order valence-electron chi connectivity index (χ2n) is 7.53. The number of aromatic nitrogens is 3. The Balaban J connectivity index is 1.45. The lowest BCUT2D eigenvalue weighted by Crippen LogP contribution is -2.39. The maximum atomic E-state index is 13.8. The highest BCUT2D eigenvalue weighted by Crippen LogP contribution is 2.28. The highest BCUT2D eigenvalue weighted by atomic mass is 79.9. The molecule has 1 aromatic carbocycles. The van der Waals surface area contributed by atoms with Crippen molar-refractivity contribution in [2.75, 3.05) is 13.2 Å². The zero-order valence-corrected chi connectivity index (χ0v) is 18.4. The van der Waals surface area contributed by atoms with Gasteiger partial charge in [-0.15, -0.1) is 0 Å². The van der Waals surface area contributed by atoms with Gasteiger partial charge in [0.05, 0.1) is 12.2 Å². The number of fused-ring (bicyclic) bond motifs is 1. The molecule has 0 N–H and O–H groups in total. The Morgan fingerprint density at radius 1 is 1.10 bits per heavy atom. The van der Waals surface area contributed by atoms with E-state index in [-0.39, 0.29) is 11.9 Å². The summed E-state index contributed by atoms with van der Waals surface area (Å²) in [6, 6.07) is 19.4. The SMILES string of the molecule is O=C(c1c(-c2ccccc2)nc2ccccn12)N1CCC[C@H]1COc1ccc(Br)nc1. The van der Waals surface area contributed by atoms with Crippen LogP contribution in [0.4, 0.5) is 0 Å². The van der Waals surface area contributed by atoms with E-state index in [1.807, 2.05) is 76.2 Å². The highest BCUT2D eigenvalue weighted by Gasteiger charge is 2.33. The monoisotopic (exact) mass is 476 g/mol. The predicted molar refractivity (Wildman–Crippen MR) is 122 cm³/mol. The second-order valence-corrected chi connectivity index (χ2v) is 8.34. The third-order valence-corrected chi connectivity index (χ3v) is 6.03. The molecule has 1 fully saturated rings. The summed E-state index contributed by atoms with van der Waals surface area (Å²) in [6.07, 6.45) is 5.45. The van der Waals surface area contributed by atoms with Crippen molar-refractivity contribution in [1.29, 1.82) is 0 Å². The fourth-order valence-corrected chi connectivity index (χ4v) is 4.28. The molecule has 0 unspecified atom stereocenters. The number of halogens is 1. The Morgan fingerprint density at radius 3 is 2.74 bits per heavy atom. The minimum Gasteiger partial charge on any atom is -0.490 e. The Bertz CT molecular complexity index is 1210. The first kappa shape index (κ1) is 19.8. The Morgan fingerprint density at radius 2 is 1.94 bits per heavy atom. The Labute approximate surface area is 188 Å². The number of likely N-dealkylation sites (tertiary alicyclic amines) is 1. The van der Waals surface area contributed by atoms with Gasteiger partial charge in [-0.05, 0) is 53.0 Å². The van der Waals surface area contributed by atoms with E-state index in [9.17, 15) is 4.79 Å². The van der Waals surface area contributed by atoms with E-state index in [0.29, 0.717) is 30.3 Å². The fraction of sp³-hybridized carbons (Fsp3) is 0.208. The fourth-order valence-electron chi connectivity index (χ4n) is 4.05. The van der Waals surface area contributed by atoms with Gasteiger partial charge in [-0.1, -0.05) is 36.4 Å². The normalized spacial score (nSPS) is 16.0. The van der Waals surface area contributed by atoms with Crippen LogP contribution in [-0.4, -0.2) is 44.4 Å². The maximum absolute atomic E-state index is 13.8. The van der Waals surface area contributed by atoms with Gasteiger partial charge in [-0.2, -0.15) is 0 Å². The molecule has 4 heterocycles. The van der Waals surface area contributed by atoms with Crippen molar-refractivity contribution >= 4 is 27.5 Å². The van der Waals surface area contributed by atoms with Crippen LogP contribution in [0.25, 0.3) is 16.9 Å². The van der Waals surface area contributed by atoms with Gasteiger partial charge in [0.1, 0.15) is 34.0 Å². The summed E-state index contributed by atoms with van der Waals surface area (Å²) in [4.78, 5) is 24.7. The first-order valence-corrected chi connectivity index (χ1v) is 11.1. The first-order valence-electron chi connectivity index (χ1n) is 10.3. The third kappa shape index (κ3) is 3.93. The molecule has 1 amide bonds. The summed E-state index contributed by atoms with van der Waals surface area (Å²) in [5.74, 6) is 0.680. The van der Waals surface area contributed by atoms with Crippen molar-refractivity contribution in [3.63, 3.8) is 0 Å². The van der Waals surface area contributed by atoms with Gasteiger partial charge in [0, 0.05) is 18.3 Å². The van der Waals surface area contributed by atoms with E-state index in [4.69, 9.17) is 9.72 Å². The molecular formula is C24H21BrN4O2. The van der Waals surface area contributed by atoms with E-state index >= 15 is 0 Å². The van der Waals surface area contributed by atoms with Gasteiger partial charge >= 0.3 is 0 Å². The van der Waals surface area contributed by atoms with E-state index in [2.05, 4.69) is 20.9 Å². The maximum Gasteiger partial charge on any atom is 0.273 e. The van der Waals surface area contributed by atoms with E-state index in [1.54, 1.807) is 6.20 Å². The molecular weight excluding hydrogens is 456 g/mol. The number of hydrogen-bond acceptors (Lipinski definition) is 4. The molecule has 7 heteroatoms. The van der Waals surface area contributed by atoms with Crippen LogP contribution >= 0.6 is 15.9 Å². The molecule has 1 saturated heterocycles. The van der Waals surface area contributed by atoms with Gasteiger partial charge in [0.25, 0.3) is 5.91 Å². The number of benzene rings is 1. The Hall–Kier alpha value is -3.19. The quantitative estimate of drug-likeness (QED) is 0.386. The van der Waals surface area contributed by atoms with Gasteiger partial charge < -0.3 is 9.64 Å². The van der Waals surface area contributed by atoms with Crippen molar-refractivity contribution in [2.45, 2.75) is 18.9 Å². The second kappa shape index (κ2) is 8.51. The molecule has 31 heavy (non-hydrogen) atoms. The molecule has 0 aliphatic carbocycles. The minimum absolute atomic E-state index is 0.00836. The number of amides is 1. The molecule has 0 radical (unpaired) electrons. The number of pyridine rings is 2. The average Bonchev–Trinajstić information content (AvgIpc) is 3.44. The zero-order chi connectivity index (χ0) is 21.2. The number of carbonyl (C=O) groups excluding carboxylic acids is 1. The minimum atomic E-state index is -0.0161. The average molecular weight is 477 g/mol.